The van der Waals surface area contributed by atoms with E-state index in [-0.39, 0.29) is 18.1 Å². The Labute approximate surface area is 272 Å². The molecule has 2 aromatic carbocycles. The predicted octanol–water partition coefficient (Wildman–Crippen LogP) is 5.86. The first-order valence-corrected chi connectivity index (χ1v) is 16.1. The van der Waals surface area contributed by atoms with E-state index in [2.05, 4.69) is 29.7 Å². The highest BCUT2D eigenvalue weighted by Crippen LogP contribution is 2.26. The molecule has 0 spiro atoms. The Kier molecular flexibility index (Phi) is 8.91. The molecule has 3 aromatic heterocycles. The van der Waals surface area contributed by atoms with Gasteiger partial charge in [-0.2, -0.15) is 4.98 Å². The van der Waals surface area contributed by atoms with Crippen molar-refractivity contribution in [2.45, 2.75) is 57.9 Å². The van der Waals surface area contributed by atoms with E-state index in [0.717, 1.165) is 86.0 Å². The maximum Gasteiger partial charge on any atom is 0.257 e. The van der Waals surface area contributed by atoms with Gasteiger partial charge in [-0.15, -0.1) is 0 Å². The van der Waals surface area contributed by atoms with Crippen LogP contribution in [0.4, 0.5) is 5.69 Å². The van der Waals surface area contributed by atoms with Gasteiger partial charge in [0.2, 0.25) is 5.88 Å². The van der Waals surface area contributed by atoms with Crippen molar-refractivity contribution in [1.82, 2.24) is 29.4 Å². The van der Waals surface area contributed by atoms with Crippen LogP contribution in [0.1, 0.15) is 52.5 Å². The second-order valence-electron chi connectivity index (χ2n) is 12.0. The normalized spacial score (nSPS) is 17.1. The summed E-state index contributed by atoms with van der Waals surface area (Å²) in [5.74, 6) is 2.14. The zero-order valence-corrected chi connectivity index (χ0v) is 26.5. The van der Waals surface area contributed by atoms with Crippen LogP contribution in [-0.2, 0) is 24.2 Å². The van der Waals surface area contributed by atoms with Gasteiger partial charge >= 0.3 is 0 Å². The highest BCUT2D eigenvalue weighted by molar-refractivity contribution is 6.30. The number of carbonyl (C=O) groups is 1. The number of benzene rings is 2. The molecule has 1 amide bonds. The average Bonchev–Trinajstić information content (AvgIpc) is 3.37. The number of anilines is 1. The Balaban J connectivity index is 0.995. The highest BCUT2D eigenvalue weighted by atomic mass is 35.5. The van der Waals surface area contributed by atoms with E-state index in [4.69, 9.17) is 26.1 Å². The summed E-state index contributed by atoms with van der Waals surface area (Å²) in [5.41, 5.74) is 5.08. The minimum atomic E-state index is -0.195. The summed E-state index contributed by atoms with van der Waals surface area (Å²) in [5, 5.41) is 3.71. The number of amides is 1. The third-order valence-corrected chi connectivity index (χ3v) is 8.83. The average molecular weight is 638 g/mol. The molecular weight excluding hydrogens is 602 g/mol. The zero-order valence-electron chi connectivity index (χ0n) is 25.7. The van der Waals surface area contributed by atoms with E-state index in [9.17, 15) is 4.79 Å². The van der Waals surface area contributed by atoms with Gasteiger partial charge in [0.25, 0.3) is 5.91 Å². The second-order valence-corrected chi connectivity index (χ2v) is 12.4. The number of likely N-dealkylation sites (tertiary alicyclic amines) is 1. The number of fused-ring (bicyclic) bond motifs is 1. The SMILES string of the molecule is Cc1ccc(C(=O)Nc2ccc3c(c2)nc(CN2CCC(Oc4ccnc(Cc5ccc(Cl)cc5)n4)CC2)n3CC2CCO2)cn1. The minimum absolute atomic E-state index is 0.0895. The summed E-state index contributed by atoms with van der Waals surface area (Å²) in [6.07, 6.45) is 7.10. The van der Waals surface area contributed by atoms with Crippen LogP contribution in [0.2, 0.25) is 5.02 Å². The van der Waals surface area contributed by atoms with Crippen LogP contribution < -0.4 is 10.1 Å². The number of rotatable bonds is 10. The van der Waals surface area contributed by atoms with Crippen LogP contribution in [0.25, 0.3) is 11.0 Å². The molecule has 11 heteroatoms. The quantitative estimate of drug-likeness (QED) is 0.203. The Hall–Kier alpha value is -4.38. The van der Waals surface area contributed by atoms with E-state index in [1.54, 1.807) is 18.5 Å². The number of hydrogen-bond donors (Lipinski definition) is 1. The Morgan fingerprint density at radius 2 is 1.85 bits per heavy atom. The summed E-state index contributed by atoms with van der Waals surface area (Å²) in [7, 11) is 0. The molecule has 236 valence electrons. The monoisotopic (exact) mass is 637 g/mol. The minimum Gasteiger partial charge on any atom is -0.474 e. The number of halogens is 1. The van der Waals surface area contributed by atoms with Crippen molar-refractivity contribution in [3.63, 3.8) is 0 Å². The molecule has 2 saturated heterocycles. The molecule has 1 N–H and O–H groups in total. The molecule has 7 rings (SSSR count). The number of aromatic nitrogens is 5. The summed E-state index contributed by atoms with van der Waals surface area (Å²) < 4.78 is 14.4. The first kappa shape index (κ1) is 30.3. The number of hydrogen-bond acceptors (Lipinski definition) is 8. The number of carbonyl (C=O) groups excluding carboxylic acids is 1. The number of nitrogens with zero attached hydrogens (tertiary/aromatic N) is 6. The van der Waals surface area contributed by atoms with Gasteiger partial charge in [0, 0.05) is 61.0 Å². The number of imidazole rings is 1. The number of nitrogens with one attached hydrogen (secondary N) is 1. The lowest BCUT2D eigenvalue weighted by Gasteiger charge is -2.32. The molecule has 1 unspecified atom stereocenters. The molecule has 0 saturated carbocycles. The number of aryl methyl sites for hydroxylation is 1. The van der Waals surface area contributed by atoms with E-state index in [1.165, 1.54) is 0 Å². The Morgan fingerprint density at radius 3 is 2.59 bits per heavy atom. The summed E-state index contributed by atoms with van der Waals surface area (Å²) >= 11 is 6.02. The van der Waals surface area contributed by atoms with E-state index >= 15 is 0 Å². The van der Waals surface area contributed by atoms with Crippen molar-refractivity contribution < 1.29 is 14.3 Å². The fourth-order valence-electron chi connectivity index (χ4n) is 5.89. The molecule has 2 aliphatic rings. The van der Waals surface area contributed by atoms with Gasteiger partial charge in [-0.25, -0.2) is 9.97 Å². The fourth-order valence-corrected chi connectivity index (χ4v) is 6.02. The Bertz CT molecular complexity index is 1820. The van der Waals surface area contributed by atoms with Gasteiger partial charge in [-0.1, -0.05) is 23.7 Å². The van der Waals surface area contributed by atoms with Crippen LogP contribution in [0.3, 0.4) is 0 Å². The molecule has 2 fully saturated rings. The van der Waals surface area contributed by atoms with Gasteiger partial charge in [0.15, 0.2) is 0 Å². The molecule has 5 aromatic rings. The summed E-state index contributed by atoms with van der Waals surface area (Å²) in [4.78, 5) is 33.6. The Morgan fingerprint density at radius 1 is 1.02 bits per heavy atom. The maximum atomic E-state index is 12.8. The maximum absolute atomic E-state index is 12.8. The van der Waals surface area contributed by atoms with Crippen molar-refractivity contribution in [2.75, 3.05) is 25.0 Å². The lowest BCUT2D eigenvalue weighted by atomic mass is 10.1. The fraction of sp³-hybridized carbons (Fsp3) is 0.343. The largest absolute Gasteiger partial charge is 0.474 e. The van der Waals surface area contributed by atoms with Crippen LogP contribution in [0.15, 0.2) is 73.1 Å². The van der Waals surface area contributed by atoms with Crippen molar-refractivity contribution in [3.05, 3.63) is 107 Å². The molecule has 10 nitrogen and oxygen atoms in total. The second kappa shape index (κ2) is 13.5. The molecular formula is C35H36ClN7O3. The van der Waals surface area contributed by atoms with E-state index in [1.807, 2.05) is 61.5 Å². The molecule has 1 atom stereocenters. The third kappa shape index (κ3) is 7.20. The number of pyridine rings is 1. The topological polar surface area (TPSA) is 107 Å². The highest BCUT2D eigenvalue weighted by Gasteiger charge is 2.26. The van der Waals surface area contributed by atoms with Gasteiger partial charge in [0.05, 0.1) is 35.8 Å². The first-order chi connectivity index (χ1) is 22.4. The molecule has 2 aliphatic heterocycles. The summed E-state index contributed by atoms with van der Waals surface area (Å²) in [6.45, 7) is 5.97. The van der Waals surface area contributed by atoms with Crippen molar-refractivity contribution in [1.29, 1.82) is 0 Å². The smallest absolute Gasteiger partial charge is 0.257 e. The lowest BCUT2D eigenvalue weighted by molar-refractivity contribution is -0.0592. The van der Waals surface area contributed by atoms with Crippen LogP contribution in [0.5, 0.6) is 5.88 Å². The van der Waals surface area contributed by atoms with Gasteiger partial charge in [-0.05, 0) is 74.2 Å². The zero-order chi connectivity index (χ0) is 31.5. The number of piperidine rings is 1. The van der Waals surface area contributed by atoms with Gasteiger partial charge < -0.3 is 19.4 Å². The van der Waals surface area contributed by atoms with Crippen molar-refractivity contribution in [3.8, 4) is 5.88 Å². The standard InChI is InChI=1S/C35H36ClN7O3/c1-23-2-5-25(20-38-23)35(44)39-27-8-9-31-30(19-27)40-33(43(31)21-29-13-17-45-29)22-42-15-11-28(12-16-42)46-34-10-14-37-32(41-34)18-24-3-6-26(36)7-4-24/h2-10,14,19-20,28-29H,11-13,15-18,21-22H2,1H3,(H,39,44). The first-order valence-electron chi connectivity index (χ1n) is 15.8. The van der Waals surface area contributed by atoms with Crippen LogP contribution in [-0.4, -0.2) is 67.2 Å². The van der Waals surface area contributed by atoms with Crippen LogP contribution in [0, 0.1) is 6.92 Å². The summed E-state index contributed by atoms with van der Waals surface area (Å²) in [6, 6.07) is 19.1. The molecule has 0 aliphatic carbocycles. The van der Waals surface area contributed by atoms with E-state index in [0.29, 0.717) is 28.6 Å². The lowest BCUT2D eigenvalue weighted by Crippen LogP contribution is -2.39. The third-order valence-electron chi connectivity index (χ3n) is 8.58. The molecule has 0 radical (unpaired) electrons. The van der Waals surface area contributed by atoms with Gasteiger partial charge in [-0.3, -0.25) is 14.7 Å². The molecule has 5 heterocycles. The van der Waals surface area contributed by atoms with Gasteiger partial charge in [0.1, 0.15) is 17.8 Å². The number of ether oxygens (including phenoxy) is 2. The van der Waals surface area contributed by atoms with Crippen molar-refractivity contribution >= 4 is 34.2 Å². The molecule has 46 heavy (non-hydrogen) atoms. The predicted molar refractivity (Wildman–Crippen MR) is 176 cm³/mol. The molecule has 0 bridgehead atoms. The van der Waals surface area contributed by atoms with Crippen molar-refractivity contribution in [2.24, 2.45) is 0 Å². The van der Waals surface area contributed by atoms with Crippen LogP contribution >= 0.6 is 11.6 Å². The van der Waals surface area contributed by atoms with E-state index < -0.39 is 0 Å².